The van der Waals surface area contributed by atoms with E-state index in [2.05, 4.69) is 25.8 Å². The second-order valence-corrected chi connectivity index (χ2v) is 5.63. The van der Waals surface area contributed by atoms with Gasteiger partial charge in [-0.25, -0.2) is 0 Å². The smallest absolute Gasteiger partial charge is 0.0562 e. The average Bonchev–Trinajstić information content (AvgIpc) is 2.51. The van der Waals surface area contributed by atoms with Gasteiger partial charge in [0.05, 0.1) is 11.1 Å². The average molecular weight is 247 g/mol. The first-order valence-electron chi connectivity index (χ1n) is 5.18. The molecule has 0 bridgehead atoms. The number of nitrogens with two attached hydrogens (primary N) is 1. The van der Waals surface area contributed by atoms with Crippen molar-refractivity contribution in [1.29, 1.82) is 0 Å². The molecule has 0 spiro atoms. The van der Waals surface area contributed by atoms with E-state index in [1.165, 1.54) is 4.88 Å². The highest BCUT2D eigenvalue weighted by Crippen LogP contribution is 2.28. The summed E-state index contributed by atoms with van der Waals surface area (Å²) in [5.41, 5.74) is 5.81. The van der Waals surface area contributed by atoms with Crippen LogP contribution < -0.4 is 5.73 Å². The molecular formula is C11H19ClN2S. The molecule has 0 aliphatic heterocycles. The summed E-state index contributed by atoms with van der Waals surface area (Å²) >= 11 is 7.61. The van der Waals surface area contributed by atoms with Crippen molar-refractivity contribution in [2.45, 2.75) is 19.9 Å². The third kappa shape index (κ3) is 3.76. The molecule has 2 N–H and O–H groups in total. The molecule has 0 saturated carbocycles. The predicted molar refractivity (Wildman–Crippen MR) is 68.6 cm³/mol. The molecule has 0 amide bonds. The molecule has 1 heterocycles. The summed E-state index contributed by atoms with van der Waals surface area (Å²) in [5, 5.41) is 2.77. The van der Waals surface area contributed by atoms with E-state index in [9.17, 15) is 0 Å². The molecule has 86 valence electrons. The molecule has 0 aliphatic rings. The van der Waals surface area contributed by atoms with Crippen LogP contribution in [0.1, 0.15) is 24.8 Å². The lowest BCUT2D eigenvalue weighted by atomic mass is 10.1. The summed E-state index contributed by atoms with van der Waals surface area (Å²) in [6.07, 6.45) is 0. The molecule has 1 aromatic heterocycles. The van der Waals surface area contributed by atoms with Crippen LogP contribution in [0.2, 0.25) is 5.02 Å². The van der Waals surface area contributed by atoms with Crippen LogP contribution in [-0.2, 0) is 0 Å². The highest BCUT2D eigenvalue weighted by atomic mass is 35.5. The van der Waals surface area contributed by atoms with Crippen LogP contribution in [-0.4, -0.2) is 25.0 Å². The third-order valence-electron chi connectivity index (χ3n) is 2.32. The van der Waals surface area contributed by atoms with E-state index in [4.69, 9.17) is 17.3 Å². The van der Waals surface area contributed by atoms with Gasteiger partial charge in [0, 0.05) is 23.3 Å². The Morgan fingerprint density at radius 2 is 2.20 bits per heavy atom. The Morgan fingerprint density at radius 1 is 1.53 bits per heavy atom. The van der Waals surface area contributed by atoms with E-state index < -0.39 is 0 Å². The molecule has 1 aromatic rings. The lowest BCUT2D eigenvalue weighted by Gasteiger charge is -2.27. The van der Waals surface area contributed by atoms with Crippen LogP contribution in [0.3, 0.4) is 0 Å². The largest absolute Gasteiger partial charge is 0.329 e. The first-order valence-corrected chi connectivity index (χ1v) is 6.44. The Hall–Kier alpha value is -0.0900. The summed E-state index contributed by atoms with van der Waals surface area (Å²) in [7, 11) is 2.12. The molecular weight excluding hydrogens is 228 g/mol. The van der Waals surface area contributed by atoms with Crippen LogP contribution in [0.25, 0.3) is 0 Å². The molecule has 0 aliphatic carbocycles. The number of nitrogens with zero attached hydrogens (tertiary/aromatic N) is 1. The number of hydrogen-bond acceptors (Lipinski definition) is 3. The van der Waals surface area contributed by atoms with Gasteiger partial charge in [0.15, 0.2) is 0 Å². The van der Waals surface area contributed by atoms with E-state index in [1.807, 2.05) is 11.4 Å². The first-order chi connectivity index (χ1) is 7.04. The molecule has 0 aromatic carbocycles. The van der Waals surface area contributed by atoms with Gasteiger partial charge in [0.2, 0.25) is 0 Å². The maximum absolute atomic E-state index is 5.92. The third-order valence-corrected chi connectivity index (χ3v) is 3.71. The number of halogens is 1. The van der Waals surface area contributed by atoms with E-state index in [0.717, 1.165) is 11.6 Å². The summed E-state index contributed by atoms with van der Waals surface area (Å²) in [6.45, 7) is 6.12. The van der Waals surface area contributed by atoms with E-state index in [0.29, 0.717) is 18.5 Å². The fourth-order valence-electron chi connectivity index (χ4n) is 1.72. The second kappa shape index (κ2) is 5.85. The van der Waals surface area contributed by atoms with E-state index in [1.54, 1.807) is 11.3 Å². The van der Waals surface area contributed by atoms with Crippen LogP contribution in [0.15, 0.2) is 11.4 Å². The zero-order valence-electron chi connectivity index (χ0n) is 9.53. The van der Waals surface area contributed by atoms with Crippen LogP contribution in [0.4, 0.5) is 0 Å². The molecule has 4 heteroatoms. The fourth-order valence-corrected chi connectivity index (χ4v) is 2.98. The molecule has 0 fully saturated rings. The van der Waals surface area contributed by atoms with Gasteiger partial charge >= 0.3 is 0 Å². The highest BCUT2D eigenvalue weighted by molar-refractivity contribution is 7.10. The monoisotopic (exact) mass is 246 g/mol. The SMILES string of the molecule is CC(C)CN(C)C(CN)c1cc(Cl)cs1. The van der Waals surface area contributed by atoms with Crippen molar-refractivity contribution in [2.75, 3.05) is 20.1 Å². The number of thiophene rings is 1. The van der Waals surface area contributed by atoms with Gasteiger partial charge in [0.25, 0.3) is 0 Å². The Labute approximate surface area is 101 Å². The standard InChI is InChI=1S/C11H19ClN2S/c1-8(2)6-14(3)10(5-13)11-4-9(12)7-15-11/h4,7-8,10H,5-6,13H2,1-3H3. The van der Waals surface area contributed by atoms with Crippen molar-refractivity contribution in [3.8, 4) is 0 Å². The minimum absolute atomic E-state index is 0.296. The van der Waals surface area contributed by atoms with Crippen LogP contribution in [0, 0.1) is 5.92 Å². The lowest BCUT2D eigenvalue weighted by Crippen LogP contribution is -2.32. The first kappa shape index (κ1) is 13.0. The number of likely N-dealkylation sites (N-methyl/N-ethyl adjacent to an activating group) is 1. The number of rotatable bonds is 5. The minimum Gasteiger partial charge on any atom is -0.329 e. The Bertz CT molecular complexity index is 299. The van der Waals surface area contributed by atoms with Gasteiger partial charge in [-0.1, -0.05) is 25.4 Å². The molecule has 1 unspecified atom stereocenters. The molecule has 0 saturated heterocycles. The summed E-state index contributed by atoms with van der Waals surface area (Å²) < 4.78 is 0. The zero-order valence-corrected chi connectivity index (χ0v) is 11.1. The Balaban J connectivity index is 2.70. The highest BCUT2D eigenvalue weighted by Gasteiger charge is 2.17. The second-order valence-electron chi connectivity index (χ2n) is 4.25. The normalized spacial score (nSPS) is 13.8. The molecule has 2 nitrogen and oxygen atoms in total. The molecule has 1 rings (SSSR count). The summed E-state index contributed by atoms with van der Waals surface area (Å²) in [6, 6.07) is 2.31. The molecule has 0 radical (unpaired) electrons. The molecule has 15 heavy (non-hydrogen) atoms. The summed E-state index contributed by atoms with van der Waals surface area (Å²) in [5.74, 6) is 0.652. The van der Waals surface area contributed by atoms with Gasteiger partial charge in [-0.3, -0.25) is 4.90 Å². The van der Waals surface area contributed by atoms with Gasteiger partial charge in [-0.15, -0.1) is 11.3 Å². The van der Waals surface area contributed by atoms with Crippen molar-refractivity contribution in [3.05, 3.63) is 21.3 Å². The number of hydrogen-bond donors (Lipinski definition) is 1. The molecule has 1 atom stereocenters. The van der Waals surface area contributed by atoms with Gasteiger partial charge in [-0.2, -0.15) is 0 Å². The van der Waals surface area contributed by atoms with Crippen LogP contribution >= 0.6 is 22.9 Å². The van der Waals surface area contributed by atoms with E-state index >= 15 is 0 Å². The topological polar surface area (TPSA) is 29.3 Å². The van der Waals surface area contributed by atoms with Crippen molar-refractivity contribution >= 4 is 22.9 Å². The fraction of sp³-hybridized carbons (Fsp3) is 0.636. The maximum atomic E-state index is 5.92. The Morgan fingerprint density at radius 3 is 2.60 bits per heavy atom. The lowest BCUT2D eigenvalue weighted by molar-refractivity contribution is 0.226. The van der Waals surface area contributed by atoms with Crippen molar-refractivity contribution < 1.29 is 0 Å². The van der Waals surface area contributed by atoms with Crippen molar-refractivity contribution in [3.63, 3.8) is 0 Å². The summed E-state index contributed by atoms with van der Waals surface area (Å²) in [4.78, 5) is 3.55. The van der Waals surface area contributed by atoms with E-state index in [-0.39, 0.29) is 0 Å². The zero-order chi connectivity index (χ0) is 11.4. The maximum Gasteiger partial charge on any atom is 0.0562 e. The van der Waals surface area contributed by atoms with Crippen LogP contribution in [0.5, 0.6) is 0 Å². The van der Waals surface area contributed by atoms with Gasteiger partial charge < -0.3 is 5.73 Å². The predicted octanol–water partition coefficient (Wildman–Crippen LogP) is 2.99. The minimum atomic E-state index is 0.296. The van der Waals surface area contributed by atoms with Gasteiger partial charge in [-0.05, 0) is 19.0 Å². The Kier molecular flexibility index (Phi) is 5.06. The quantitative estimate of drug-likeness (QED) is 0.866. The van der Waals surface area contributed by atoms with Crippen molar-refractivity contribution in [2.24, 2.45) is 11.7 Å². The van der Waals surface area contributed by atoms with Gasteiger partial charge in [0.1, 0.15) is 0 Å². The van der Waals surface area contributed by atoms with Crippen molar-refractivity contribution in [1.82, 2.24) is 4.90 Å².